The molecule has 2 rings (SSSR count). The summed E-state index contributed by atoms with van der Waals surface area (Å²) in [5.41, 5.74) is -0.465. The minimum Gasteiger partial charge on any atom is -0.444 e. The zero-order valence-corrected chi connectivity index (χ0v) is 11.0. The summed E-state index contributed by atoms with van der Waals surface area (Å²) in [6.07, 6.45) is 4.13. The normalized spacial score (nSPS) is 33.4. The molecule has 2 saturated heterocycles. The van der Waals surface area contributed by atoms with Crippen molar-refractivity contribution in [1.82, 2.24) is 4.90 Å². The van der Waals surface area contributed by atoms with E-state index in [1.807, 2.05) is 20.8 Å². The Labute approximate surface area is 103 Å². The molecular formula is C13H23NO3. The number of rotatable bonds is 0. The van der Waals surface area contributed by atoms with Crippen molar-refractivity contribution in [1.29, 1.82) is 0 Å². The number of aliphatic hydroxyl groups is 1. The van der Waals surface area contributed by atoms with Gasteiger partial charge in [-0.2, -0.15) is 0 Å². The Morgan fingerprint density at radius 3 is 2.59 bits per heavy atom. The van der Waals surface area contributed by atoms with Crippen molar-refractivity contribution in [3.8, 4) is 0 Å². The second kappa shape index (κ2) is 4.48. The van der Waals surface area contributed by atoms with Gasteiger partial charge in [0, 0.05) is 6.04 Å². The fraction of sp³-hybridized carbons (Fsp3) is 0.923. The van der Waals surface area contributed by atoms with Crippen molar-refractivity contribution in [2.75, 3.05) is 0 Å². The molecule has 2 aliphatic rings. The van der Waals surface area contributed by atoms with Crippen LogP contribution in [0.3, 0.4) is 0 Å². The highest BCUT2D eigenvalue weighted by Crippen LogP contribution is 2.35. The molecule has 0 spiro atoms. The second-order valence-electron chi connectivity index (χ2n) is 6.18. The van der Waals surface area contributed by atoms with Crippen molar-refractivity contribution in [2.45, 2.75) is 76.7 Å². The predicted octanol–water partition coefficient (Wildman–Crippen LogP) is 2.30. The number of carbonyl (C=O) groups is 1. The molecule has 0 radical (unpaired) electrons. The van der Waals surface area contributed by atoms with Gasteiger partial charge < -0.3 is 9.84 Å². The van der Waals surface area contributed by atoms with Gasteiger partial charge in [0.15, 0.2) is 0 Å². The molecule has 2 fully saturated rings. The lowest BCUT2D eigenvalue weighted by atomic mass is 9.83. The Bertz CT molecular complexity index is 298. The molecule has 1 N–H and O–H groups in total. The van der Waals surface area contributed by atoms with Crippen molar-refractivity contribution in [3.05, 3.63) is 0 Å². The van der Waals surface area contributed by atoms with Gasteiger partial charge in [-0.3, -0.25) is 4.90 Å². The Morgan fingerprint density at radius 2 is 1.94 bits per heavy atom. The van der Waals surface area contributed by atoms with Crippen molar-refractivity contribution >= 4 is 6.09 Å². The topological polar surface area (TPSA) is 49.8 Å². The number of aliphatic hydroxyl groups excluding tert-OH is 1. The zero-order valence-electron chi connectivity index (χ0n) is 11.0. The first-order valence-electron chi connectivity index (χ1n) is 6.58. The average molecular weight is 241 g/mol. The Hall–Kier alpha value is -0.770. The summed E-state index contributed by atoms with van der Waals surface area (Å²) in [6.45, 7) is 5.63. The van der Waals surface area contributed by atoms with Gasteiger partial charge >= 0.3 is 6.09 Å². The smallest absolute Gasteiger partial charge is 0.410 e. The van der Waals surface area contributed by atoms with Crippen LogP contribution in [0.1, 0.15) is 52.9 Å². The zero-order chi connectivity index (χ0) is 12.6. The van der Waals surface area contributed by atoms with E-state index in [1.165, 1.54) is 0 Å². The second-order valence-corrected chi connectivity index (χ2v) is 6.18. The van der Waals surface area contributed by atoms with Crippen LogP contribution in [0.2, 0.25) is 0 Å². The minimum atomic E-state index is -0.465. The van der Waals surface area contributed by atoms with E-state index in [0.717, 1.165) is 32.1 Å². The third-order valence-electron chi connectivity index (χ3n) is 3.63. The number of piperidine rings is 2. The van der Waals surface area contributed by atoms with Crippen LogP contribution >= 0.6 is 0 Å². The molecule has 2 heterocycles. The molecule has 1 amide bonds. The first kappa shape index (κ1) is 12.7. The highest BCUT2D eigenvalue weighted by atomic mass is 16.6. The molecule has 17 heavy (non-hydrogen) atoms. The summed E-state index contributed by atoms with van der Waals surface area (Å²) in [5, 5.41) is 9.99. The van der Waals surface area contributed by atoms with Crippen LogP contribution in [0.25, 0.3) is 0 Å². The van der Waals surface area contributed by atoms with Gasteiger partial charge in [0.05, 0.1) is 12.1 Å². The number of hydrogen-bond acceptors (Lipinski definition) is 3. The largest absolute Gasteiger partial charge is 0.444 e. The van der Waals surface area contributed by atoms with E-state index < -0.39 is 5.60 Å². The van der Waals surface area contributed by atoms with Gasteiger partial charge in [-0.05, 0) is 52.9 Å². The molecule has 0 aromatic rings. The van der Waals surface area contributed by atoms with Crippen LogP contribution in [0.5, 0.6) is 0 Å². The lowest BCUT2D eigenvalue weighted by Gasteiger charge is -2.48. The highest BCUT2D eigenvalue weighted by molar-refractivity contribution is 5.69. The van der Waals surface area contributed by atoms with Crippen molar-refractivity contribution < 1.29 is 14.6 Å². The molecule has 3 unspecified atom stereocenters. The molecule has 4 nitrogen and oxygen atoms in total. The first-order valence-corrected chi connectivity index (χ1v) is 6.58. The van der Waals surface area contributed by atoms with E-state index in [4.69, 9.17) is 4.74 Å². The SMILES string of the molecule is CC(C)(C)OC(=O)N1C2CCCC1C(O)CC2. The summed E-state index contributed by atoms with van der Waals surface area (Å²) >= 11 is 0. The summed E-state index contributed by atoms with van der Waals surface area (Å²) in [5.74, 6) is 0. The number of carbonyl (C=O) groups excluding carboxylic acids is 1. The maximum absolute atomic E-state index is 12.2. The van der Waals surface area contributed by atoms with Crippen molar-refractivity contribution in [2.24, 2.45) is 0 Å². The highest BCUT2D eigenvalue weighted by Gasteiger charge is 2.43. The van der Waals surface area contributed by atoms with E-state index in [9.17, 15) is 9.90 Å². The van der Waals surface area contributed by atoms with E-state index in [1.54, 1.807) is 4.90 Å². The van der Waals surface area contributed by atoms with Gasteiger partial charge in [0.25, 0.3) is 0 Å². The molecule has 98 valence electrons. The number of fused-ring (bicyclic) bond motifs is 2. The van der Waals surface area contributed by atoms with Crippen LogP contribution < -0.4 is 0 Å². The van der Waals surface area contributed by atoms with Gasteiger partial charge in [-0.1, -0.05) is 0 Å². The van der Waals surface area contributed by atoms with Crippen molar-refractivity contribution in [3.63, 3.8) is 0 Å². The monoisotopic (exact) mass is 241 g/mol. The minimum absolute atomic E-state index is 0.0302. The molecule has 0 saturated carbocycles. The van der Waals surface area contributed by atoms with Crippen LogP contribution in [0.4, 0.5) is 4.79 Å². The van der Waals surface area contributed by atoms with Gasteiger partial charge in [-0.25, -0.2) is 4.79 Å². The maximum atomic E-state index is 12.2. The molecule has 0 aliphatic carbocycles. The lowest BCUT2D eigenvalue weighted by molar-refractivity contribution is -0.0605. The average Bonchev–Trinajstić information content (AvgIpc) is 2.21. The summed E-state index contributed by atoms with van der Waals surface area (Å²) in [7, 11) is 0. The number of hydrogen-bond donors (Lipinski definition) is 1. The summed E-state index contributed by atoms with van der Waals surface area (Å²) in [4.78, 5) is 14.0. The lowest BCUT2D eigenvalue weighted by Crippen LogP contribution is -2.59. The van der Waals surface area contributed by atoms with E-state index in [-0.39, 0.29) is 24.3 Å². The number of ether oxygens (including phenoxy) is 1. The first-order chi connectivity index (χ1) is 7.88. The standard InChI is InChI=1S/C13H23NO3/c1-13(2,3)17-12(16)14-9-5-4-6-10(14)11(15)8-7-9/h9-11,15H,4-8H2,1-3H3. The predicted molar refractivity (Wildman–Crippen MR) is 64.7 cm³/mol. The van der Waals surface area contributed by atoms with Gasteiger partial charge in [0.2, 0.25) is 0 Å². The summed E-state index contributed by atoms with van der Waals surface area (Å²) in [6, 6.07) is 0.240. The third-order valence-corrected chi connectivity index (χ3v) is 3.63. The molecule has 0 aromatic carbocycles. The van der Waals surface area contributed by atoms with Crippen LogP contribution in [-0.2, 0) is 4.74 Å². The molecular weight excluding hydrogens is 218 g/mol. The van der Waals surface area contributed by atoms with Gasteiger partial charge in [-0.15, -0.1) is 0 Å². The third kappa shape index (κ3) is 2.73. The van der Waals surface area contributed by atoms with E-state index in [0.29, 0.717) is 0 Å². The molecule has 3 atom stereocenters. The Kier molecular flexibility index (Phi) is 3.34. The van der Waals surface area contributed by atoms with Crippen LogP contribution in [-0.4, -0.2) is 39.9 Å². The Balaban J connectivity index is 2.10. The van der Waals surface area contributed by atoms with E-state index >= 15 is 0 Å². The fourth-order valence-corrected chi connectivity index (χ4v) is 2.93. The molecule has 2 aliphatic heterocycles. The number of amides is 1. The quantitative estimate of drug-likeness (QED) is 0.708. The fourth-order valence-electron chi connectivity index (χ4n) is 2.93. The molecule has 2 bridgehead atoms. The van der Waals surface area contributed by atoms with Gasteiger partial charge in [0.1, 0.15) is 5.60 Å². The number of nitrogens with zero attached hydrogens (tertiary/aromatic N) is 1. The molecule has 4 heteroatoms. The van der Waals surface area contributed by atoms with E-state index in [2.05, 4.69) is 0 Å². The maximum Gasteiger partial charge on any atom is 0.410 e. The van der Waals surface area contributed by atoms with Crippen LogP contribution in [0, 0.1) is 0 Å². The summed E-state index contributed by atoms with van der Waals surface area (Å²) < 4.78 is 5.44. The van der Waals surface area contributed by atoms with Crippen LogP contribution in [0.15, 0.2) is 0 Å². The molecule has 0 aromatic heterocycles. The Morgan fingerprint density at radius 1 is 1.24 bits per heavy atom.